The minimum Gasteiger partial charge on any atom is -0.255 e. The summed E-state index contributed by atoms with van der Waals surface area (Å²) in [6, 6.07) is 2.55. The molecular weight excluding hydrogens is 200 g/mol. The number of aromatic nitrogens is 3. The van der Waals surface area contributed by atoms with Gasteiger partial charge in [-0.15, -0.1) is 0 Å². The maximum Gasteiger partial charge on any atom is 0.184 e. The molecule has 15 heavy (non-hydrogen) atoms. The first kappa shape index (κ1) is 9.76. The largest absolute Gasteiger partial charge is 0.255 e. The minimum atomic E-state index is -0.610. The molecule has 3 nitrogen and oxygen atoms in total. The van der Waals surface area contributed by atoms with E-state index < -0.39 is 11.6 Å². The van der Waals surface area contributed by atoms with Crippen LogP contribution >= 0.6 is 0 Å². The molecule has 0 aliphatic carbocycles. The summed E-state index contributed by atoms with van der Waals surface area (Å²) in [6.45, 7) is 1.39. The fourth-order valence-electron chi connectivity index (χ4n) is 1.30. The van der Waals surface area contributed by atoms with Gasteiger partial charge in [0.1, 0.15) is 18.0 Å². The molecule has 2 rings (SSSR count). The van der Waals surface area contributed by atoms with Crippen molar-refractivity contribution in [3.63, 3.8) is 0 Å². The first-order valence-corrected chi connectivity index (χ1v) is 4.40. The van der Waals surface area contributed by atoms with E-state index in [1.54, 1.807) is 7.05 Å². The van der Waals surface area contributed by atoms with E-state index in [2.05, 4.69) is 10.1 Å². The van der Waals surface area contributed by atoms with Gasteiger partial charge in [-0.25, -0.2) is 13.8 Å². The molecule has 0 bridgehead atoms. The molecule has 78 valence electrons. The van der Waals surface area contributed by atoms with Gasteiger partial charge in [0.25, 0.3) is 0 Å². The van der Waals surface area contributed by atoms with E-state index in [1.165, 1.54) is 30.1 Å². The number of rotatable bonds is 1. The highest BCUT2D eigenvalue weighted by molar-refractivity contribution is 5.56. The number of halogens is 2. The van der Waals surface area contributed by atoms with Gasteiger partial charge in [-0.1, -0.05) is 0 Å². The molecule has 1 heterocycles. The Balaban J connectivity index is 2.59. The van der Waals surface area contributed by atoms with Gasteiger partial charge in [0.15, 0.2) is 5.82 Å². The van der Waals surface area contributed by atoms with Gasteiger partial charge in [0, 0.05) is 12.6 Å². The molecule has 1 aromatic heterocycles. The summed E-state index contributed by atoms with van der Waals surface area (Å²) >= 11 is 0. The predicted molar refractivity (Wildman–Crippen MR) is 51.1 cm³/mol. The van der Waals surface area contributed by atoms with Gasteiger partial charge < -0.3 is 0 Å². The standard InChI is InChI=1S/C10H9F2N3/c1-6-8(11)4-3-7(9(6)12)10-13-5-15(2)14-10/h3-5H,1-2H3. The van der Waals surface area contributed by atoms with Crippen LogP contribution in [0, 0.1) is 18.6 Å². The Morgan fingerprint density at radius 1 is 1.27 bits per heavy atom. The molecule has 0 fully saturated rings. The number of aryl methyl sites for hydroxylation is 1. The molecule has 0 saturated heterocycles. The van der Waals surface area contributed by atoms with Crippen LogP contribution in [0.5, 0.6) is 0 Å². The highest BCUT2D eigenvalue weighted by Gasteiger charge is 2.13. The van der Waals surface area contributed by atoms with Crippen molar-refractivity contribution in [2.45, 2.75) is 6.92 Å². The Labute approximate surface area is 85.4 Å². The van der Waals surface area contributed by atoms with E-state index in [4.69, 9.17) is 0 Å². The second kappa shape index (κ2) is 3.42. The second-order valence-corrected chi connectivity index (χ2v) is 3.28. The van der Waals surface area contributed by atoms with Crippen LogP contribution in [0.15, 0.2) is 18.5 Å². The summed E-state index contributed by atoms with van der Waals surface area (Å²) in [5, 5.41) is 3.96. The van der Waals surface area contributed by atoms with Crippen LogP contribution in [0.4, 0.5) is 8.78 Å². The van der Waals surface area contributed by atoms with Gasteiger partial charge in [-0.05, 0) is 19.1 Å². The van der Waals surface area contributed by atoms with Crippen molar-refractivity contribution in [2.24, 2.45) is 7.05 Å². The Morgan fingerprint density at radius 3 is 2.60 bits per heavy atom. The van der Waals surface area contributed by atoms with Gasteiger partial charge in [0.2, 0.25) is 0 Å². The number of hydrogen-bond acceptors (Lipinski definition) is 2. The van der Waals surface area contributed by atoms with E-state index in [-0.39, 0.29) is 17.0 Å². The highest BCUT2D eigenvalue weighted by atomic mass is 19.1. The maximum absolute atomic E-state index is 13.6. The molecular formula is C10H9F2N3. The number of hydrogen-bond donors (Lipinski definition) is 0. The van der Waals surface area contributed by atoms with Crippen molar-refractivity contribution >= 4 is 0 Å². The molecule has 0 spiro atoms. The Morgan fingerprint density at radius 2 is 2.00 bits per heavy atom. The number of benzene rings is 1. The summed E-state index contributed by atoms with van der Waals surface area (Å²) in [5.74, 6) is -0.911. The SMILES string of the molecule is Cc1c(F)ccc(-c2ncn(C)n2)c1F. The van der Waals surface area contributed by atoms with Crippen LogP contribution < -0.4 is 0 Å². The molecule has 0 unspecified atom stereocenters. The lowest BCUT2D eigenvalue weighted by Crippen LogP contribution is -1.95. The lowest BCUT2D eigenvalue weighted by Gasteiger charge is -2.02. The first-order chi connectivity index (χ1) is 7.09. The lowest BCUT2D eigenvalue weighted by atomic mass is 10.1. The third-order valence-corrected chi connectivity index (χ3v) is 2.16. The molecule has 5 heteroatoms. The van der Waals surface area contributed by atoms with Crippen molar-refractivity contribution in [1.29, 1.82) is 0 Å². The highest BCUT2D eigenvalue weighted by Crippen LogP contribution is 2.23. The predicted octanol–water partition coefficient (Wildman–Crippen LogP) is 2.07. The van der Waals surface area contributed by atoms with Crippen LogP contribution in [0.25, 0.3) is 11.4 Å². The van der Waals surface area contributed by atoms with E-state index >= 15 is 0 Å². The van der Waals surface area contributed by atoms with Gasteiger partial charge in [-0.3, -0.25) is 4.68 Å². The first-order valence-electron chi connectivity index (χ1n) is 4.40. The van der Waals surface area contributed by atoms with Gasteiger partial charge in [0.05, 0.1) is 5.56 Å². The fraction of sp³-hybridized carbons (Fsp3) is 0.200. The van der Waals surface area contributed by atoms with Crippen LogP contribution in [-0.2, 0) is 7.05 Å². The zero-order valence-electron chi connectivity index (χ0n) is 8.33. The molecule has 0 saturated carbocycles. The third-order valence-electron chi connectivity index (χ3n) is 2.16. The van der Waals surface area contributed by atoms with Gasteiger partial charge >= 0.3 is 0 Å². The van der Waals surface area contributed by atoms with Crippen LogP contribution in [0.3, 0.4) is 0 Å². The molecule has 2 aromatic rings. The molecule has 0 atom stereocenters. The van der Waals surface area contributed by atoms with E-state index in [0.29, 0.717) is 0 Å². The zero-order valence-corrected chi connectivity index (χ0v) is 8.33. The fourth-order valence-corrected chi connectivity index (χ4v) is 1.30. The Hall–Kier alpha value is -1.78. The Bertz CT molecular complexity index is 505. The molecule has 0 amide bonds. The van der Waals surface area contributed by atoms with Crippen molar-refractivity contribution < 1.29 is 8.78 Å². The van der Waals surface area contributed by atoms with Crippen molar-refractivity contribution in [1.82, 2.24) is 14.8 Å². The van der Waals surface area contributed by atoms with Crippen LogP contribution in [0.1, 0.15) is 5.56 Å². The average Bonchev–Trinajstić information content (AvgIpc) is 2.61. The summed E-state index contributed by atoms with van der Waals surface area (Å²) in [4.78, 5) is 3.91. The monoisotopic (exact) mass is 209 g/mol. The Kier molecular flexibility index (Phi) is 2.22. The summed E-state index contributed by atoms with van der Waals surface area (Å²) in [6.07, 6.45) is 1.47. The topological polar surface area (TPSA) is 30.7 Å². The molecule has 0 radical (unpaired) electrons. The zero-order chi connectivity index (χ0) is 11.0. The lowest BCUT2D eigenvalue weighted by molar-refractivity contribution is 0.569. The quantitative estimate of drug-likeness (QED) is 0.719. The van der Waals surface area contributed by atoms with Crippen LogP contribution in [0.2, 0.25) is 0 Å². The third kappa shape index (κ3) is 1.60. The van der Waals surface area contributed by atoms with Gasteiger partial charge in [-0.2, -0.15) is 5.10 Å². The van der Waals surface area contributed by atoms with E-state index in [9.17, 15) is 8.78 Å². The van der Waals surface area contributed by atoms with E-state index in [1.807, 2.05) is 0 Å². The summed E-state index contributed by atoms with van der Waals surface area (Å²) in [7, 11) is 1.69. The second-order valence-electron chi connectivity index (χ2n) is 3.28. The summed E-state index contributed by atoms with van der Waals surface area (Å²) < 4.78 is 28.1. The van der Waals surface area contributed by atoms with Crippen molar-refractivity contribution in [3.05, 3.63) is 35.7 Å². The van der Waals surface area contributed by atoms with Crippen molar-refractivity contribution in [2.75, 3.05) is 0 Å². The minimum absolute atomic E-state index is 0.0139. The molecule has 0 N–H and O–H groups in total. The number of nitrogens with zero attached hydrogens (tertiary/aromatic N) is 3. The van der Waals surface area contributed by atoms with Crippen LogP contribution in [-0.4, -0.2) is 14.8 Å². The normalized spacial score (nSPS) is 10.7. The maximum atomic E-state index is 13.6. The van der Waals surface area contributed by atoms with Crippen molar-refractivity contribution in [3.8, 4) is 11.4 Å². The smallest absolute Gasteiger partial charge is 0.184 e. The molecule has 0 aliphatic rings. The summed E-state index contributed by atoms with van der Waals surface area (Å²) in [5.41, 5.74) is 0.203. The van der Waals surface area contributed by atoms with E-state index in [0.717, 1.165) is 0 Å². The average molecular weight is 209 g/mol. The molecule has 1 aromatic carbocycles. The molecule has 0 aliphatic heterocycles.